The fraction of sp³-hybridized carbons (Fsp3) is 0.892. The standard InChI is InChI=1S/C37H59NO4/c1-21(2)22-12-17-37(31(42)38-27-20-24(30(40)41)32(27,3)4)19-18-35(8)23(29(22)37)10-11-26-34(7)15-14-28(39)33(5,6)25(34)13-16-36(26,35)9/h22-29,39H,1,10-20H2,2-9H3,(H,38,42)(H,40,41). The quantitative estimate of drug-likeness (QED) is 0.298. The normalized spacial score (nSPS) is 52.0. The number of aliphatic carboxylic acids is 1. The van der Waals surface area contributed by atoms with Gasteiger partial charge in [-0.1, -0.05) is 60.6 Å². The predicted molar refractivity (Wildman–Crippen MR) is 166 cm³/mol. The highest BCUT2D eigenvalue weighted by Crippen LogP contribution is 2.77. The van der Waals surface area contributed by atoms with E-state index in [0.717, 1.165) is 38.5 Å². The van der Waals surface area contributed by atoms with Crippen molar-refractivity contribution in [2.75, 3.05) is 0 Å². The number of carbonyl (C=O) groups is 2. The number of rotatable bonds is 4. The van der Waals surface area contributed by atoms with E-state index in [1.807, 2.05) is 13.8 Å². The summed E-state index contributed by atoms with van der Waals surface area (Å²) in [7, 11) is 0. The van der Waals surface area contributed by atoms with Crippen LogP contribution in [0.5, 0.6) is 0 Å². The van der Waals surface area contributed by atoms with Gasteiger partial charge in [-0.05, 0) is 134 Å². The predicted octanol–water partition coefficient (Wildman–Crippen LogP) is 7.62. The zero-order valence-corrected chi connectivity index (χ0v) is 27.8. The van der Waals surface area contributed by atoms with Gasteiger partial charge in [-0.25, -0.2) is 0 Å². The first-order valence-corrected chi connectivity index (χ1v) is 17.2. The Kier molecular flexibility index (Phi) is 6.81. The van der Waals surface area contributed by atoms with Crippen molar-refractivity contribution >= 4 is 11.9 Å². The summed E-state index contributed by atoms with van der Waals surface area (Å²) in [6.45, 7) is 23.1. The van der Waals surface area contributed by atoms with E-state index in [4.69, 9.17) is 0 Å². The molecule has 5 nitrogen and oxygen atoms in total. The molecule has 0 radical (unpaired) electrons. The molecule has 0 aromatic heterocycles. The molecule has 12 unspecified atom stereocenters. The smallest absolute Gasteiger partial charge is 0.307 e. The number of hydrogen-bond acceptors (Lipinski definition) is 3. The summed E-state index contributed by atoms with van der Waals surface area (Å²) in [5.74, 6) is 1.43. The van der Waals surface area contributed by atoms with Crippen molar-refractivity contribution in [1.29, 1.82) is 0 Å². The Morgan fingerprint density at radius 2 is 1.48 bits per heavy atom. The molecule has 6 aliphatic rings. The van der Waals surface area contributed by atoms with Crippen molar-refractivity contribution in [2.45, 2.75) is 138 Å². The fourth-order valence-corrected chi connectivity index (χ4v) is 13.4. The molecule has 0 heterocycles. The van der Waals surface area contributed by atoms with E-state index in [9.17, 15) is 19.8 Å². The number of aliphatic hydroxyl groups excluding tert-OH is 1. The van der Waals surface area contributed by atoms with Gasteiger partial charge in [0.15, 0.2) is 0 Å². The Hall–Kier alpha value is -1.36. The minimum absolute atomic E-state index is 0.0443. The summed E-state index contributed by atoms with van der Waals surface area (Å²) in [4.78, 5) is 26.3. The molecule has 236 valence electrons. The highest BCUT2D eigenvalue weighted by atomic mass is 16.4. The third-order valence-corrected chi connectivity index (χ3v) is 16.4. The Morgan fingerprint density at radius 1 is 0.786 bits per heavy atom. The van der Waals surface area contributed by atoms with Crippen LogP contribution in [-0.4, -0.2) is 34.2 Å². The van der Waals surface area contributed by atoms with Crippen molar-refractivity contribution in [3.05, 3.63) is 12.2 Å². The van der Waals surface area contributed by atoms with E-state index in [0.29, 0.717) is 36.0 Å². The molecule has 6 saturated carbocycles. The van der Waals surface area contributed by atoms with Gasteiger partial charge in [-0.3, -0.25) is 9.59 Å². The lowest BCUT2D eigenvalue weighted by atomic mass is 9.32. The van der Waals surface area contributed by atoms with Gasteiger partial charge in [-0.2, -0.15) is 0 Å². The maximum absolute atomic E-state index is 14.5. The number of amides is 1. The van der Waals surface area contributed by atoms with Gasteiger partial charge in [0, 0.05) is 6.04 Å². The third-order valence-electron chi connectivity index (χ3n) is 16.4. The Balaban J connectivity index is 1.33. The van der Waals surface area contributed by atoms with Crippen LogP contribution in [0.3, 0.4) is 0 Å². The molecule has 6 rings (SSSR count). The number of carboxylic acid groups (broad SMARTS) is 1. The minimum atomic E-state index is -0.748. The van der Waals surface area contributed by atoms with E-state index in [1.165, 1.54) is 31.3 Å². The first kappa shape index (κ1) is 30.7. The van der Waals surface area contributed by atoms with Crippen LogP contribution in [0.15, 0.2) is 12.2 Å². The zero-order valence-electron chi connectivity index (χ0n) is 27.8. The molecule has 6 fully saturated rings. The molecule has 5 heteroatoms. The Morgan fingerprint density at radius 3 is 2.10 bits per heavy atom. The highest BCUT2D eigenvalue weighted by molar-refractivity contribution is 5.85. The lowest BCUT2D eigenvalue weighted by molar-refractivity contribution is -0.246. The maximum atomic E-state index is 14.5. The van der Waals surface area contributed by atoms with Crippen LogP contribution >= 0.6 is 0 Å². The first-order chi connectivity index (χ1) is 19.4. The summed E-state index contributed by atoms with van der Waals surface area (Å²) in [6, 6.07) is -0.0770. The monoisotopic (exact) mass is 581 g/mol. The molecule has 0 aromatic rings. The van der Waals surface area contributed by atoms with Gasteiger partial charge in [0.1, 0.15) is 0 Å². The van der Waals surface area contributed by atoms with Crippen LogP contribution in [0, 0.1) is 68.0 Å². The maximum Gasteiger partial charge on any atom is 0.307 e. The molecule has 0 saturated heterocycles. The fourth-order valence-electron chi connectivity index (χ4n) is 13.4. The van der Waals surface area contributed by atoms with Gasteiger partial charge in [0.05, 0.1) is 17.4 Å². The average molecular weight is 582 g/mol. The molecule has 1 amide bonds. The lowest BCUT2D eigenvalue weighted by Gasteiger charge is -2.72. The topological polar surface area (TPSA) is 86.6 Å². The molecule has 0 aromatic carbocycles. The summed E-state index contributed by atoms with van der Waals surface area (Å²) in [6.07, 6.45) is 11.2. The van der Waals surface area contributed by atoms with Crippen LogP contribution in [-0.2, 0) is 9.59 Å². The number of carbonyl (C=O) groups excluding carboxylic acids is 1. The Bertz CT molecular complexity index is 1170. The van der Waals surface area contributed by atoms with Crippen LogP contribution in [0.4, 0.5) is 0 Å². The van der Waals surface area contributed by atoms with Crippen molar-refractivity contribution in [2.24, 2.45) is 68.0 Å². The van der Waals surface area contributed by atoms with Gasteiger partial charge in [-0.15, -0.1) is 0 Å². The van der Waals surface area contributed by atoms with Gasteiger partial charge < -0.3 is 15.5 Å². The second-order valence-electron chi connectivity index (χ2n) is 18.2. The molecule has 0 spiro atoms. The second-order valence-corrected chi connectivity index (χ2v) is 18.2. The number of hydrogen-bond donors (Lipinski definition) is 3. The van der Waals surface area contributed by atoms with E-state index in [-0.39, 0.29) is 45.1 Å². The first-order valence-electron chi connectivity index (χ1n) is 17.2. The van der Waals surface area contributed by atoms with Gasteiger partial charge in [0.2, 0.25) is 5.91 Å². The molecule has 3 N–H and O–H groups in total. The van der Waals surface area contributed by atoms with Crippen LogP contribution in [0.25, 0.3) is 0 Å². The van der Waals surface area contributed by atoms with Crippen molar-refractivity contribution in [3.8, 4) is 0 Å². The average Bonchev–Trinajstić information content (AvgIpc) is 3.30. The summed E-state index contributed by atoms with van der Waals surface area (Å²) in [5.41, 5.74) is 1.02. The number of allylic oxidation sites excluding steroid dienone is 1. The summed E-state index contributed by atoms with van der Waals surface area (Å²) < 4.78 is 0. The van der Waals surface area contributed by atoms with Gasteiger partial charge >= 0.3 is 5.97 Å². The third kappa shape index (κ3) is 3.70. The highest BCUT2D eigenvalue weighted by Gasteiger charge is 2.72. The summed E-state index contributed by atoms with van der Waals surface area (Å²) >= 11 is 0. The van der Waals surface area contributed by atoms with E-state index in [2.05, 4.69) is 53.4 Å². The van der Waals surface area contributed by atoms with Crippen molar-refractivity contribution in [1.82, 2.24) is 5.32 Å². The molecule has 0 aliphatic heterocycles. The Labute approximate surface area is 255 Å². The number of carboxylic acids is 1. The number of fused-ring (bicyclic) bond motifs is 7. The van der Waals surface area contributed by atoms with Crippen LogP contribution in [0.1, 0.15) is 126 Å². The molecule has 12 atom stereocenters. The SMILES string of the molecule is C=C(C)C1CCC2(C(=O)NC3CC(C(=O)O)C3(C)C)CCC3(C)C(CCC4C5(C)CCC(O)C(C)(C)C5CCC43C)C12. The molecule has 42 heavy (non-hydrogen) atoms. The zero-order chi connectivity index (χ0) is 30.8. The second kappa shape index (κ2) is 9.33. The van der Waals surface area contributed by atoms with Crippen LogP contribution < -0.4 is 5.32 Å². The number of aliphatic hydroxyl groups is 1. The van der Waals surface area contributed by atoms with E-state index >= 15 is 0 Å². The number of nitrogens with one attached hydrogen (secondary N) is 1. The minimum Gasteiger partial charge on any atom is -0.481 e. The molecule has 6 aliphatic carbocycles. The lowest BCUT2D eigenvalue weighted by Crippen LogP contribution is -2.68. The molecular formula is C37H59NO4. The van der Waals surface area contributed by atoms with Crippen LogP contribution in [0.2, 0.25) is 0 Å². The molecule has 0 bridgehead atoms. The van der Waals surface area contributed by atoms with Crippen molar-refractivity contribution < 1.29 is 19.8 Å². The molecular weight excluding hydrogens is 522 g/mol. The van der Waals surface area contributed by atoms with E-state index in [1.54, 1.807) is 0 Å². The van der Waals surface area contributed by atoms with Gasteiger partial charge in [0.25, 0.3) is 0 Å². The summed E-state index contributed by atoms with van der Waals surface area (Å²) in [5, 5.41) is 24.2. The largest absolute Gasteiger partial charge is 0.481 e. The van der Waals surface area contributed by atoms with Crippen molar-refractivity contribution in [3.63, 3.8) is 0 Å². The van der Waals surface area contributed by atoms with E-state index < -0.39 is 17.3 Å².